The summed E-state index contributed by atoms with van der Waals surface area (Å²) in [5.74, 6) is 0.254. The summed E-state index contributed by atoms with van der Waals surface area (Å²) in [5, 5.41) is 0. The fourth-order valence-corrected chi connectivity index (χ4v) is 2.91. The topological polar surface area (TPSA) is 88.3 Å². The third-order valence-corrected chi connectivity index (χ3v) is 4.40. The lowest BCUT2D eigenvalue weighted by atomic mass is 10.0. The minimum Gasteiger partial charge on any atom is -0.410 e. The molecule has 0 radical (unpaired) electrons. The van der Waals surface area contributed by atoms with E-state index in [-0.39, 0.29) is 16.6 Å². The van der Waals surface area contributed by atoms with Crippen molar-refractivity contribution in [3.05, 3.63) is 42.0 Å². The van der Waals surface area contributed by atoms with Crippen LogP contribution in [0.4, 0.5) is 5.82 Å². The number of hydrogen-bond donors (Lipinski definition) is 2. The monoisotopic (exact) mass is 322 g/mol. The Balaban J connectivity index is 2.16. The number of H-pyrrole nitrogens is 1. The van der Waals surface area contributed by atoms with Gasteiger partial charge in [0, 0.05) is 13.0 Å². The van der Waals surface area contributed by atoms with Crippen LogP contribution in [-0.4, -0.2) is 19.4 Å². The molecule has 0 saturated carbocycles. The lowest BCUT2D eigenvalue weighted by Crippen LogP contribution is -2.13. The van der Waals surface area contributed by atoms with Gasteiger partial charge in [-0.25, -0.2) is 8.42 Å². The number of sulfonamides is 1. The summed E-state index contributed by atoms with van der Waals surface area (Å²) in [7, 11) is -3.69. The van der Waals surface area contributed by atoms with Gasteiger partial charge in [0.2, 0.25) is 5.88 Å². The van der Waals surface area contributed by atoms with Gasteiger partial charge in [-0.2, -0.15) is 0 Å². The van der Waals surface area contributed by atoms with Gasteiger partial charge in [-0.15, -0.1) is 0 Å². The quantitative estimate of drug-likeness (QED) is 0.829. The highest BCUT2D eigenvalue weighted by molar-refractivity contribution is 7.92. The first-order chi connectivity index (χ1) is 10.3. The summed E-state index contributed by atoms with van der Waals surface area (Å²) >= 11 is 0. The Bertz CT molecular complexity index is 761. The van der Waals surface area contributed by atoms with E-state index in [9.17, 15) is 13.2 Å². The molecule has 1 heterocycles. The maximum Gasteiger partial charge on any atom is 0.309 e. The van der Waals surface area contributed by atoms with Gasteiger partial charge in [0.25, 0.3) is 10.0 Å². The van der Waals surface area contributed by atoms with Crippen LogP contribution in [-0.2, 0) is 14.8 Å². The van der Waals surface area contributed by atoms with Crippen LogP contribution in [0.1, 0.15) is 32.3 Å². The van der Waals surface area contributed by atoms with Gasteiger partial charge in [0.05, 0.1) is 4.90 Å². The van der Waals surface area contributed by atoms with Gasteiger partial charge in [0.15, 0.2) is 0 Å². The van der Waals surface area contributed by atoms with Gasteiger partial charge in [-0.1, -0.05) is 26.0 Å². The van der Waals surface area contributed by atoms with Crippen LogP contribution < -0.4 is 9.46 Å². The van der Waals surface area contributed by atoms with E-state index in [1.165, 1.54) is 19.1 Å². The van der Waals surface area contributed by atoms with E-state index in [1.54, 1.807) is 24.3 Å². The second-order valence-electron chi connectivity index (χ2n) is 5.16. The molecule has 7 heteroatoms. The number of aromatic amines is 1. The molecule has 0 bridgehead atoms. The Labute approximate surface area is 129 Å². The van der Waals surface area contributed by atoms with Crippen LogP contribution in [0.25, 0.3) is 0 Å². The zero-order chi connectivity index (χ0) is 16.3. The molecule has 0 fully saturated rings. The van der Waals surface area contributed by atoms with Crippen molar-refractivity contribution >= 4 is 21.8 Å². The highest BCUT2D eigenvalue weighted by Gasteiger charge is 2.15. The Morgan fingerprint density at radius 3 is 2.32 bits per heavy atom. The van der Waals surface area contributed by atoms with E-state index >= 15 is 0 Å². The zero-order valence-electron chi connectivity index (χ0n) is 12.6. The molecule has 118 valence electrons. The van der Waals surface area contributed by atoms with Gasteiger partial charge >= 0.3 is 5.97 Å². The fraction of sp³-hybridized carbons (Fsp3) is 0.267. The van der Waals surface area contributed by atoms with Gasteiger partial charge in [-0.05, 0) is 29.7 Å². The van der Waals surface area contributed by atoms with Crippen LogP contribution in [0.5, 0.6) is 5.88 Å². The SMILES string of the molecule is CC(=O)Oc1ccc(NS(=O)(=O)c2ccc(C(C)C)cc2)[nH]1. The average Bonchev–Trinajstić information content (AvgIpc) is 2.84. The first kappa shape index (κ1) is 16.1. The van der Waals surface area contributed by atoms with Crippen LogP contribution in [0.2, 0.25) is 0 Å². The molecule has 0 aliphatic carbocycles. The van der Waals surface area contributed by atoms with E-state index in [2.05, 4.69) is 9.71 Å². The van der Waals surface area contributed by atoms with E-state index in [0.717, 1.165) is 5.56 Å². The van der Waals surface area contributed by atoms with Crippen molar-refractivity contribution in [1.82, 2.24) is 4.98 Å². The number of nitrogens with one attached hydrogen (secondary N) is 2. The Hall–Kier alpha value is -2.28. The van der Waals surface area contributed by atoms with Crippen LogP contribution in [0.3, 0.4) is 0 Å². The molecule has 2 rings (SSSR count). The summed E-state index contributed by atoms with van der Waals surface area (Å²) in [6.45, 7) is 5.34. The van der Waals surface area contributed by atoms with Crippen molar-refractivity contribution in [3.63, 3.8) is 0 Å². The maximum absolute atomic E-state index is 12.3. The summed E-state index contributed by atoms with van der Waals surface area (Å²) in [6, 6.07) is 9.66. The second kappa shape index (κ2) is 6.23. The molecule has 1 aromatic carbocycles. The summed E-state index contributed by atoms with van der Waals surface area (Å²) in [6.07, 6.45) is 0. The first-order valence-corrected chi connectivity index (χ1v) is 8.26. The summed E-state index contributed by atoms with van der Waals surface area (Å²) in [4.78, 5) is 13.7. The molecule has 2 aromatic rings. The predicted molar refractivity (Wildman–Crippen MR) is 83.4 cm³/mol. The number of anilines is 1. The van der Waals surface area contributed by atoms with E-state index in [4.69, 9.17) is 4.74 Å². The van der Waals surface area contributed by atoms with Crippen molar-refractivity contribution in [1.29, 1.82) is 0 Å². The van der Waals surface area contributed by atoms with Gasteiger partial charge in [-0.3, -0.25) is 9.52 Å². The fourth-order valence-electron chi connectivity index (χ4n) is 1.88. The zero-order valence-corrected chi connectivity index (χ0v) is 13.4. The lowest BCUT2D eigenvalue weighted by Gasteiger charge is -2.09. The third-order valence-electron chi connectivity index (χ3n) is 3.01. The van der Waals surface area contributed by atoms with Crippen LogP contribution in [0, 0.1) is 0 Å². The lowest BCUT2D eigenvalue weighted by molar-refractivity contribution is -0.132. The number of aromatic nitrogens is 1. The first-order valence-electron chi connectivity index (χ1n) is 6.78. The highest BCUT2D eigenvalue weighted by Crippen LogP contribution is 2.21. The summed E-state index contributed by atoms with van der Waals surface area (Å²) in [5.41, 5.74) is 1.07. The second-order valence-corrected chi connectivity index (χ2v) is 6.84. The number of esters is 1. The molecule has 0 aliphatic rings. The Morgan fingerprint density at radius 2 is 1.77 bits per heavy atom. The molecule has 0 amide bonds. The predicted octanol–water partition coefficient (Wildman–Crippen LogP) is 2.86. The molecular weight excluding hydrogens is 304 g/mol. The van der Waals surface area contributed by atoms with Crippen molar-refractivity contribution in [2.24, 2.45) is 0 Å². The van der Waals surface area contributed by atoms with E-state index in [0.29, 0.717) is 5.92 Å². The minimum atomic E-state index is -3.69. The molecule has 0 saturated heterocycles. The third kappa shape index (κ3) is 3.88. The summed E-state index contributed by atoms with van der Waals surface area (Å²) < 4.78 is 31.8. The average molecular weight is 322 g/mol. The van der Waals surface area contributed by atoms with E-state index < -0.39 is 16.0 Å². The smallest absolute Gasteiger partial charge is 0.309 e. The van der Waals surface area contributed by atoms with Crippen molar-refractivity contribution in [2.45, 2.75) is 31.6 Å². The number of ether oxygens (including phenoxy) is 1. The normalized spacial score (nSPS) is 11.5. The number of rotatable bonds is 5. The van der Waals surface area contributed by atoms with Crippen LogP contribution >= 0.6 is 0 Å². The molecule has 0 atom stereocenters. The van der Waals surface area contributed by atoms with Crippen molar-refractivity contribution < 1.29 is 17.9 Å². The Morgan fingerprint density at radius 1 is 1.14 bits per heavy atom. The van der Waals surface area contributed by atoms with Crippen LogP contribution in [0.15, 0.2) is 41.3 Å². The maximum atomic E-state index is 12.3. The number of carbonyl (C=O) groups excluding carboxylic acids is 1. The van der Waals surface area contributed by atoms with Gasteiger partial charge < -0.3 is 9.72 Å². The largest absolute Gasteiger partial charge is 0.410 e. The van der Waals surface area contributed by atoms with Crippen molar-refractivity contribution in [3.8, 4) is 5.88 Å². The highest BCUT2D eigenvalue weighted by atomic mass is 32.2. The molecule has 0 aliphatic heterocycles. The van der Waals surface area contributed by atoms with Crippen molar-refractivity contribution in [2.75, 3.05) is 4.72 Å². The molecule has 2 N–H and O–H groups in total. The molecular formula is C15H18N2O4S. The van der Waals surface area contributed by atoms with Gasteiger partial charge in [0.1, 0.15) is 5.82 Å². The molecule has 22 heavy (non-hydrogen) atoms. The molecule has 0 spiro atoms. The number of carbonyl (C=O) groups is 1. The van der Waals surface area contributed by atoms with E-state index in [1.807, 2.05) is 13.8 Å². The Kier molecular flexibility index (Phi) is 4.56. The molecule has 6 nitrogen and oxygen atoms in total. The molecule has 1 aromatic heterocycles. The molecule has 0 unspecified atom stereocenters. The standard InChI is InChI=1S/C15H18N2O4S/c1-10(2)12-4-6-13(7-5-12)22(19,20)17-14-8-9-15(16-14)21-11(3)18/h4-10,16-17H,1-3H3. The minimum absolute atomic E-state index is 0.167. The number of hydrogen-bond acceptors (Lipinski definition) is 4. The number of benzene rings is 1.